The molecule has 136 valence electrons. The number of thiophene rings is 1. The number of amides is 1. The zero-order chi connectivity index (χ0) is 18.8. The molecule has 0 fully saturated rings. The van der Waals surface area contributed by atoms with Crippen molar-refractivity contribution in [1.29, 1.82) is 0 Å². The quantitative estimate of drug-likeness (QED) is 0.654. The summed E-state index contributed by atoms with van der Waals surface area (Å²) in [6, 6.07) is 7.30. The molecule has 2 heterocycles. The molecule has 0 aliphatic rings. The zero-order valence-electron chi connectivity index (χ0n) is 15.1. The standard InChI is InChI=1S/C19H20N2O4S/c1-5-24-19(23)15-9-12-8-13(6-7-14(12)26-15)20-18(22)16-11(4)21-25-17(16)10(2)3/h6-10H,5H2,1-4H3,(H,20,22). The lowest BCUT2D eigenvalue weighted by Gasteiger charge is -2.07. The largest absolute Gasteiger partial charge is 0.462 e. The molecule has 3 rings (SSSR count). The van der Waals surface area contributed by atoms with Gasteiger partial charge in [0.2, 0.25) is 0 Å². The number of carbonyl (C=O) groups is 2. The zero-order valence-corrected chi connectivity index (χ0v) is 15.9. The normalized spacial score (nSPS) is 11.1. The van der Waals surface area contributed by atoms with Gasteiger partial charge in [-0.2, -0.15) is 0 Å². The van der Waals surface area contributed by atoms with Crippen molar-refractivity contribution in [3.8, 4) is 0 Å². The summed E-state index contributed by atoms with van der Waals surface area (Å²) in [5.41, 5.74) is 1.68. The third-order valence-corrected chi connectivity index (χ3v) is 4.99. The summed E-state index contributed by atoms with van der Waals surface area (Å²) < 4.78 is 11.3. The number of aromatic nitrogens is 1. The van der Waals surface area contributed by atoms with Crippen LogP contribution in [0.3, 0.4) is 0 Å². The van der Waals surface area contributed by atoms with Crippen molar-refractivity contribution in [2.75, 3.05) is 11.9 Å². The van der Waals surface area contributed by atoms with Crippen LogP contribution in [0.5, 0.6) is 0 Å². The van der Waals surface area contributed by atoms with Crippen LogP contribution < -0.4 is 5.32 Å². The molecule has 0 radical (unpaired) electrons. The Hall–Kier alpha value is -2.67. The molecule has 0 saturated heterocycles. The second-order valence-electron chi connectivity index (χ2n) is 6.20. The van der Waals surface area contributed by atoms with Gasteiger partial charge in [0.25, 0.3) is 5.91 Å². The van der Waals surface area contributed by atoms with E-state index in [2.05, 4.69) is 10.5 Å². The third kappa shape index (κ3) is 3.48. The molecule has 1 N–H and O–H groups in total. The highest BCUT2D eigenvalue weighted by Crippen LogP contribution is 2.29. The lowest BCUT2D eigenvalue weighted by Crippen LogP contribution is -2.14. The van der Waals surface area contributed by atoms with Gasteiger partial charge in [0.1, 0.15) is 10.4 Å². The maximum Gasteiger partial charge on any atom is 0.348 e. The number of rotatable bonds is 5. The van der Waals surface area contributed by atoms with Crippen LogP contribution in [0.2, 0.25) is 0 Å². The highest BCUT2D eigenvalue weighted by molar-refractivity contribution is 7.20. The van der Waals surface area contributed by atoms with Gasteiger partial charge in [-0.15, -0.1) is 11.3 Å². The van der Waals surface area contributed by atoms with Crippen molar-refractivity contribution in [2.45, 2.75) is 33.6 Å². The average molecular weight is 372 g/mol. The molecule has 2 aromatic heterocycles. The lowest BCUT2D eigenvalue weighted by molar-refractivity contribution is 0.0532. The molecule has 6 nitrogen and oxygen atoms in total. The fourth-order valence-corrected chi connectivity index (χ4v) is 3.61. The molecule has 0 atom stereocenters. The van der Waals surface area contributed by atoms with E-state index in [0.717, 1.165) is 10.1 Å². The Morgan fingerprint density at radius 3 is 2.77 bits per heavy atom. The van der Waals surface area contributed by atoms with E-state index in [1.54, 1.807) is 19.9 Å². The Bertz CT molecular complexity index is 971. The Balaban J connectivity index is 1.86. The van der Waals surface area contributed by atoms with E-state index in [0.29, 0.717) is 34.2 Å². The molecular formula is C19H20N2O4S. The molecule has 3 aromatic rings. The molecule has 1 amide bonds. The Kier molecular flexibility index (Phi) is 5.08. The van der Waals surface area contributed by atoms with Crippen molar-refractivity contribution >= 4 is 39.0 Å². The minimum absolute atomic E-state index is 0.0587. The second kappa shape index (κ2) is 7.29. The number of anilines is 1. The molecule has 1 aromatic carbocycles. The van der Waals surface area contributed by atoms with Crippen molar-refractivity contribution in [3.63, 3.8) is 0 Å². The van der Waals surface area contributed by atoms with Crippen LogP contribution in [0, 0.1) is 6.92 Å². The topological polar surface area (TPSA) is 81.4 Å². The van der Waals surface area contributed by atoms with Gasteiger partial charge >= 0.3 is 5.97 Å². The van der Waals surface area contributed by atoms with Gasteiger partial charge in [-0.25, -0.2) is 4.79 Å². The molecule has 26 heavy (non-hydrogen) atoms. The number of benzene rings is 1. The highest BCUT2D eigenvalue weighted by atomic mass is 32.1. The number of hydrogen-bond acceptors (Lipinski definition) is 6. The fourth-order valence-electron chi connectivity index (χ4n) is 2.68. The van der Waals surface area contributed by atoms with Crippen LogP contribution in [-0.4, -0.2) is 23.6 Å². The number of nitrogens with one attached hydrogen (secondary N) is 1. The maximum atomic E-state index is 12.7. The number of nitrogens with zero attached hydrogens (tertiary/aromatic N) is 1. The minimum Gasteiger partial charge on any atom is -0.462 e. The molecular weight excluding hydrogens is 352 g/mol. The molecule has 0 saturated carbocycles. The van der Waals surface area contributed by atoms with Gasteiger partial charge < -0.3 is 14.6 Å². The first-order chi connectivity index (χ1) is 12.4. The maximum absolute atomic E-state index is 12.7. The Morgan fingerprint density at radius 2 is 2.08 bits per heavy atom. The summed E-state index contributed by atoms with van der Waals surface area (Å²) in [5, 5.41) is 7.67. The Labute approximate surface area is 155 Å². The number of aryl methyl sites for hydroxylation is 1. The average Bonchev–Trinajstić information content (AvgIpc) is 3.18. The van der Waals surface area contributed by atoms with Crippen LogP contribution in [0.4, 0.5) is 5.69 Å². The predicted octanol–water partition coefficient (Wildman–Crippen LogP) is 4.75. The van der Waals surface area contributed by atoms with Gasteiger partial charge in [0.15, 0.2) is 5.76 Å². The van der Waals surface area contributed by atoms with Gasteiger partial charge in [-0.1, -0.05) is 19.0 Å². The first-order valence-corrected chi connectivity index (χ1v) is 9.20. The molecule has 0 unspecified atom stereocenters. The van der Waals surface area contributed by atoms with Gasteiger partial charge in [0.05, 0.1) is 12.3 Å². The van der Waals surface area contributed by atoms with Gasteiger partial charge in [-0.05, 0) is 43.5 Å². The summed E-state index contributed by atoms with van der Waals surface area (Å²) >= 11 is 1.37. The second-order valence-corrected chi connectivity index (χ2v) is 7.28. The van der Waals surface area contributed by atoms with E-state index < -0.39 is 0 Å². The summed E-state index contributed by atoms with van der Waals surface area (Å²) in [5.74, 6) is 0.0400. The molecule has 0 spiro atoms. The number of fused-ring (bicyclic) bond motifs is 1. The van der Waals surface area contributed by atoms with E-state index in [1.165, 1.54) is 11.3 Å². The summed E-state index contributed by atoms with van der Waals surface area (Å²) in [4.78, 5) is 25.1. The smallest absolute Gasteiger partial charge is 0.348 e. The van der Waals surface area contributed by atoms with E-state index in [4.69, 9.17) is 9.26 Å². The first kappa shape index (κ1) is 18.1. The summed E-state index contributed by atoms with van der Waals surface area (Å²) in [7, 11) is 0. The van der Waals surface area contributed by atoms with E-state index >= 15 is 0 Å². The predicted molar refractivity (Wildman–Crippen MR) is 101 cm³/mol. The SMILES string of the molecule is CCOC(=O)c1cc2cc(NC(=O)c3c(C)noc3C(C)C)ccc2s1. The minimum atomic E-state index is -0.332. The summed E-state index contributed by atoms with van der Waals surface area (Å²) in [6.07, 6.45) is 0. The van der Waals surface area contributed by atoms with Crippen LogP contribution in [-0.2, 0) is 4.74 Å². The Morgan fingerprint density at radius 1 is 1.31 bits per heavy atom. The molecule has 7 heteroatoms. The summed E-state index contributed by atoms with van der Waals surface area (Å²) in [6.45, 7) is 7.76. The van der Waals surface area contributed by atoms with Crippen LogP contribution >= 0.6 is 11.3 Å². The number of carbonyl (C=O) groups excluding carboxylic acids is 2. The van der Waals surface area contributed by atoms with Crippen molar-refractivity contribution in [1.82, 2.24) is 5.16 Å². The number of esters is 1. The highest BCUT2D eigenvalue weighted by Gasteiger charge is 2.22. The van der Waals surface area contributed by atoms with E-state index in [-0.39, 0.29) is 17.8 Å². The van der Waals surface area contributed by atoms with E-state index in [1.807, 2.05) is 32.0 Å². The van der Waals surface area contributed by atoms with Crippen molar-refractivity contribution < 1.29 is 18.8 Å². The van der Waals surface area contributed by atoms with Crippen molar-refractivity contribution in [2.24, 2.45) is 0 Å². The number of ether oxygens (including phenoxy) is 1. The van der Waals surface area contributed by atoms with E-state index in [9.17, 15) is 9.59 Å². The monoisotopic (exact) mass is 372 g/mol. The number of hydrogen-bond donors (Lipinski definition) is 1. The van der Waals surface area contributed by atoms with Gasteiger partial charge in [0, 0.05) is 16.3 Å². The van der Waals surface area contributed by atoms with Gasteiger partial charge in [-0.3, -0.25) is 4.79 Å². The first-order valence-electron chi connectivity index (χ1n) is 8.39. The molecule has 0 bridgehead atoms. The van der Waals surface area contributed by atoms with Crippen LogP contribution in [0.1, 0.15) is 58.2 Å². The van der Waals surface area contributed by atoms with Crippen LogP contribution in [0.25, 0.3) is 10.1 Å². The lowest BCUT2D eigenvalue weighted by atomic mass is 10.0. The third-order valence-electron chi connectivity index (χ3n) is 3.89. The molecule has 0 aliphatic heterocycles. The van der Waals surface area contributed by atoms with Crippen LogP contribution in [0.15, 0.2) is 28.8 Å². The molecule has 0 aliphatic carbocycles. The fraction of sp³-hybridized carbons (Fsp3) is 0.316. The van der Waals surface area contributed by atoms with Crippen molar-refractivity contribution in [3.05, 3.63) is 46.2 Å².